The Morgan fingerprint density at radius 1 is 1.36 bits per heavy atom. The summed E-state index contributed by atoms with van der Waals surface area (Å²) in [7, 11) is 0. The average Bonchev–Trinajstić information content (AvgIpc) is 3.42. The number of nitrogens with one attached hydrogen (secondary N) is 1. The predicted octanol–water partition coefficient (Wildman–Crippen LogP) is 2.63. The Morgan fingerprint density at radius 2 is 2.14 bits per heavy atom. The van der Waals surface area contributed by atoms with Gasteiger partial charge in [-0.25, -0.2) is 0 Å². The lowest BCUT2D eigenvalue weighted by Crippen LogP contribution is -2.23. The normalized spacial score (nSPS) is 17.7. The first kappa shape index (κ1) is 13.5. The molecule has 0 unspecified atom stereocenters. The van der Waals surface area contributed by atoms with Crippen LogP contribution in [-0.4, -0.2) is 20.6 Å². The number of nitrogens with zero attached hydrogens (tertiary/aromatic N) is 3. The van der Waals surface area contributed by atoms with Crippen molar-refractivity contribution < 1.29 is 9.32 Å². The second-order valence-corrected chi connectivity index (χ2v) is 6.39. The van der Waals surface area contributed by atoms with Gasteiger partial charge in [0, 0.05) is 23.3 Å². The van der Waals surface area contributed by atoms with Gasteiger partial charge in [0.2, 0.25) is 5.89 Å². The van der Waals surface area contributed by atoms with Gasteiger partial charge in [0.05, 0.1) is 12.1 Å². The first-order chi connectivity index (χ1) is 10.6. The topological polar surface area (TPSA) is 73.0 Å². The van der Waals surface area contributed by atoms with E-state index in [9.17, 15) is 4.79 Å². The van der Waals surface area contributed by atoms with Crippen molar-refractivity contribution in [2.45, 2.75) is 58.0 Å². The summed E-state index contributed by atoms with van der Waals surface area (Å²) in [5, 5.41) is 6.83. The third-order valence-corrected chi connectivity index (χ3v) is 4.47. The van der Waals surface area contributed by atoms with Crippen LogP contribution in [0.1, 0.15) is 71.1 Å². The largest absolute Gasteiger partial charge is 0.345 e. The van der Waals surface area contributed by atoms with Crippen molar-refractivity contribution in [2.24, 2.45) is 0 Å². The summed E-state index contributed by atoms with van der Waals surface area (Å²) in [5.41, 5.74) is 2.94. The molecule has 2 fully saturated rings. The lowest BCUT2D eigenvalue weighted by atomic mass is 10.2. The standard InChI is InChI=1S/C16H20N4O2/c1-9-7-13(10(2)20(9)12-5-6-12)16(21)17-8-14-18-15(19-22-14)11-3-4-11/h7,11-12H,3-6,8H2,1-2H3,(H,17,21). The number of hydrogen-bond acceptors (Lipinski definition) is 4. The van der Waals surface area contributed by atoms with E-state index in [-0.39, 0.29) is 12.5 Å². The fourth-order valence-corrected chi connectivity index (χ4v) is 3.00. The van der Waals surface area contributed by atoms with Crippen molar-refractivity contribution >= 4 is 5.91 Å². The zero-order chi connectivity index (χ0) is 15.3. The van der Waals surface area contributed by atoms with Crippen molar-refractivity contribution in [3.8, 4) is 0 Å². The highest BCUT2D eigenvalue weighted by atomic mass is 16.5. The number of carbonyl (C=O) groups is 1. The number of hydrogen-bond donors (Lipinski definition) is 1. The zero-order valence-corrected chi connectivity index (χ0v) is 12.9. The zero-order valence-electron chi connectivity index (χ0n) is 12.9. The fraction of sp³-hybridized carbons (Fsp3) is 0.562. The van der Waals surface area contributed by atoms with Crippen LogP contribution in [0.25, 0.3) is 0 Å². The van der Waals surface area contributed by atoms with Crippen LogP contribution < -0.4 is 5.32 Å². The van der Waals surface area contributed by atoms with E-state index in [1.807, 2.05) is 13.0 Å². The van der Waals surface area contributed by atoms with Crippen LogP contribution in [-0.2, 0) is 6.54 Å². The van der Waals surface area contributed by atoms with E-state index < -0.39 is 0 Å². The molecule has 6 nitrogen and oxygen atoms in total. The maximum absolute atomic E-state index is 12.4. The van der Waals surface area contributed by atoms with Crippen molar-refractivity contribution in [3.63, 3.8) is 0 Å². The third kappa shape index (κ3) is 2.42. The maximum atomic E-state index is 12.4. The summed E-state index contributed by atoms with van der Waals surface area (Å²) < 4.78 is 7.45. The molecule has 6 heteroatoms. The summed E-state index contributed by atoms with van der Waals surface area (Å²) in [6, 6.07) is 2.55. The predicted molar refractivity (Wildman–Crippen MR) is 79.6 cm³/mol. The fourth-order valence-electron chi connectivity index (χ4n) is 3.00. The Kier molecular flexibility index (Phi) is 3.06. The Balaban J connectivity index is 1.44. The van der Waals surface area contributed by atoms with Crippen molar-refractivity contribution in [2.75, 3.05) is 0 Å². The van der Waals surface area contributed by atoms with Gasteiger partial charge >= 0.3 is 0 Å². The number of aryl methyl sites for hydroxylation is 1. The molecule has 0 aliphatic heterocycles. The van der Waals surface area contributed by atoms with Crippen LogP contribution in [0.3, 0.4) is 0 Å². The lowest BCUT2D eigenvalue weighted by Gasteiger charge is -2.07. The van der Waals surface area contributed by atoms with E-state index in [1.165, 1.54) is 12.8 Å². The van der Waals surface area contributed by atoms with Crippen LogP contribution >= 0.6 is 0 Å². The molecule has 0 atom stereocenters. The molecule has 2 saturated carbocycles. The highest BCUT2D eigenvalue weighted by Crippen LogP contribution is 2.39. The summed E-state index contributed by atoms with van der Waals surface area (Å²) in [5.74, 6) is 1.64. The third-order valence-electron chi connectivity index (χ3n) is 4.47. The van der Waals surface area contributed by atoms with Gasteiger partial charge in [-0.15, -0.1) is 0 Å². The maximum Gasteiger partial charge on any atom is 0.253 e. The average molecular weight is 300 g/mol. The molecular weight excluding hydrogens is 280 g/mol. The van der Waals surface area contributed by atoms with Crippen molar-refractivity contribution in [1.29, 1.82) is 0 Å². The molecule has 0 spiro atoms. The van der Waals surface area contributed by atoms with Crippen LogP contribution in [0, 0.1) is 13.8 Å². The molecule has 1 N–H and O–H groups in total. The van der Waals surface area contributed by atoms with E-state index in [2.05, 4.69) is 26.9 Å². The van der Waals surface area contributed by atoms with E-state index in [0.29, 0.717) is 17.9 Å². The number of rotatable bonds is 5. The molecule has 2 aromatic heterocycles. The van der Waals surface area contributed by atoms with Gasteiger partial charge in [-0.3, -0.25) is 4.79 Å². The van der Waals surface area contributed by atoms with Crippen LogP contribution in [0.5, 0.6) is 0 Å². The molecule has 2 aromatic rings. The molecule has 2 aliphatic rings. The Morgan fingerprint density at radius 3 is 2.82 bits per heavy atom. The van der Waals surface area contributed by atoms with Gasteiger partial charge in [0.1, 0.15) is 0 Å². The molecule has 2 aliphatic carbocycles. The minimum absolute atomic E-state index is 0.0776. The molecule has 2 heterocycles. The van der Waals surface area contributed by atoms with Crippen LogP contribution in [0.2, 0.25) is 0 Å². The van der Waals surface area contributed by atoms with Crippen LogP contribution in [0.4, 0.5) is 0 Å². The summed E-state index contributed by atoms with van der Waals surface area (Å²) >= 11 is 0. The molecule has 22 heavy (non-hydrogen) atoms. The second kappa shape index (κ2) is 4.97. The Hall–Kier alpha value is -2.11. The van der Waals surface area contributed by atoms with E-state index in [4.69, 9.17) is 4.52 Å². The monoisotopic (exact) mass is 300 g/mol. The summed E-state index contributed by atoms with van der Waals surface area (Å²) in [6.07, 6.45) is 4.70. The molecule has 0 radical (unpaired) electrons. The first-order valence-electron chi connectivity index (χ1n) is 7.92. The van der Waals surface area contributed by atoms with E-state index >= 15 is 0 Å². The smallest absolute Gasteiger partial charge is 0.253 e. The summed E-state index contributed by atoms with van der Waals surface area (Å²) in [6.45, 7) is 4.35. The first-order valence-corrected chi connectivity index (χ1v) is 7.92. The Labute approximate surface area is 128 Å². The minimum Gasteiger partial charge on any atom is -0.345 e. The minimum atomic E-state index is -0.0776. The Bertz CT molecular complexity index is 723. The van der Waals surface area contributed by atoms with Crippen LogP contribution in [0.15, 0.2) is 10.6 Å². The van der Waals surface area contributed by atoms with Crippen molar-refractivity contribution in [3.05, 3.63) is 34.7 Å². The van der Waals surface area contributed by atoms with Gasteiger partial charge < -0.3 is 14.4 Å². The molecule has 1 amide bonds. The second-order valence-electron chi connectivity index (χ2n) is 6.39. The highest BCUT2D eigenvalue weighted by molar-refractivity contribution is 5.95. The van der Waals surface area contributed by atoms with Gasteiger partial charge in [0.25, 0.3) is 5.91 Å². The quantitative estimate of drug-likeness (QED) is 0.921. The number of carbonyl (C=O) groups excluding carboxylic acids is 1. The number of aromatic nitrogens is 3. The van der Waals surface area contributed by atoms with E-state index in [1.54, 1.807) is 0 Å². The molecular formula is C16H20N4O2. The molecule has 4 rings (SSSR count). The molecule has 0 aromatic carbocycles. The van der Waals surface area contributed by atoms with Gasteiger partial charge in [-0.2, -0.15) is 4.98 Å². The molecule has 116 valence electrons. The SMILES string of the molecule is Cc1cc(C(=O)NCc2nc(C3CC3)no2)c(C)n1C1CC1. The van der Waals surface area contributed by atoms with Crippen molar-refractivity contribution in [1.82, 2.24) is 20.0 Å². The van der Waals surface area contributed by atoms with E-state index in [0.717, 1.165) is 35.6 Å². The lowest BCUT2D eigenvalue weighted by molar-refractivity contribution is 0.0945. The summed E-state index contributed by atoms with van der Waals surface area (Å²) in [4.78, 5) is 16.7. The highest BCUT2D eigenvalue weighted by Gasteiger charge is 2.29. The molecule has 0 saturated heterocycles. The number of amides is 1. The molecule has 0 bridgehead atoms. The van der Waals surface area contributed by atoms with Gasteiger partial charge in [-0.05, 0) is 45.6 Å². The van der Waals surface area contributed by atoms with Gasteiger partial charge in [-0.1, -0.05) is 5.16 Å². The van der Waals surface area contributed by atoms with Gasteiger partial charge in [0.15, 0.2) is 5.82 Å².